The molecule has 4 aromatic rings. The van der Waals surface area contributed by atoms with E-state index in [-0.39, 0.29) is 29.1 Å². The summed E-state index contributed by atoms with van der Waals surface area (Å²) in [7, 11) is -3.62. The number of amides is 4. The van der Waals surface area contributed by atoms with Gasteiger partial charge < -0.3 is 24.6 Å². The van der Waals surface area contributed by atoms with Crippen LogP contribution in [-0.2, 0) is 26.0 Å². The summed E-state index contributed by atoms with van der Waals surface area (Å²) in [5.41, 5.74) is 1.67. The molecule has 3 aliphatic heterocycles. The zero-order valence-electron chi connectivity index (χ0n) is 34.5. The van der Waals surface area contributed by atoms with Crippen LogP contribution in [0.4, 0.5) is 5.82 Å². The lowest BCUT2D eigenvalue weighted by atomic mass is 10.0. The Labute approximate surface area is 355 Å². The predicted octanol–water partition coefficient (Wildman–Crippen LogP) is 3.67. The molecule has 17 nitrogen and oxygen atoms in total. The Kier molecular flexibility index (Phi) is 14.4. The monoisotopic (exact) mass is 855 g/mol. The van der Waals surface area contributed by atoms with Crippen LogP contribution in [0.2, 0.25) is 0 Å². The Morgan fingerprint density at radius 1 is 0.803 bits per heavy atom. The summed E-state index contributed by atoms with van der Waals surface area (Å²) in [6.45, 7) is 8.41. The van der Waals surface area contributed by atoms with Gasteiger partial charge in [0.25, 0.3) is 11.8 Å². The van der Waals surface area contributed by atoms with Crippen molar-refractivity contribution in [2.24, 2.45) is 0 Å². The van der Waals surface area contributed by atoms with E-state index >= 15 is 0 Å². The molecule has 18 heteroatoms. The number of piperazine rings is 1. The Morgan fingerprint density at radius 2 is 1.54 bits per heavy atom. The zero-order chi connectivity index (χ0) is 42.8. The molecule has 0 spiro atoms. The summed E-state index contributed by atoms with van der Waals surface area (Å²) in [5.74, 6) is -0.616. The first-order valence-electron chi connectivity index (χ1n) is 21.0. The average molecular weight is 856 g/mol. The first kappa shape index (κ1) is 43.4. The Morgan fingerprint density at radius 3 is 2.26 bits per heavy atom. The highest BCUT2D eigenvalue weighted by Gasteiger charge is 2.46. The van der Waals surface area contributed by atoms with Crippen molar-refractivity contribution in [3.63, 3.8) is 0 Å². The number of anilines is 1. The van der Waals surface area contributed by atoms with Crippen LogP contribution in [0.1, 0.15) is 72.1 Å². The minimum absolute atomic E-state index is 0.0724. The molecule has 61 heavy (non-hydrogen) atoms. The number of benzene rings is 2. The number of sulfone groups is 1. The van der Waals surface area contributed by atoms with Gasteiger partial charge in [-0.3, -0.25) is 34.1 Å². The number of aromatic nitrogens is 4. The van der Waals surface area contributed by atoms with Crippen LogP contribution >= 0.6 is 0 Å². The maximum Gasteiger partial charge on any atom is 0.266 e. The smallest absolute Gasteiger partial charge is 0.266 e. The van der Waals surface area contributed by atoms with Crippen molar-refractivity contribution in [2.75, 3.05) is 70.6 Å². The van der Waals surface area contributed by atoms with E-state index in [1.807, 2.05) is 41.2 Å². The fourth-order valence-corrected chi connectivity index (χ4v) is 8.26. The molecule has 0 bridgehead atoms. The quantitative estimate of drug-likeness (QED) is 0.0699. The van der Waals surface area contributed by atoms with Gasteiger partial charge in [-0.15, -0.1) is 0 Å². The number of hydrogen-bond donors (Lipinski definition) is 2. The lowest BCUT2D eigenvalue weighted by Crippen LogP contribution is -2.54. The van der Waals surface area contributed by atoms with Gasteiger partial charge in [-0.1, -0.05) is 18.9 Å². The highest BCUT2D eigenvalue weighted by Crippen LogP contribution is 2.34. The normalized spacial score (nSPS) is 17.4. The van der Waals surface area contributed by atoms with E-state index in [1.165, 1.54) is 0 Å². The second-order valence-electron chi connectivity index (χ2n) is 15.5. The van der Waals surface area contributed by atoms with Crippen LogP contribution in [0.25, 0.3) is 11.3 Å². The van der Waals surface area contributed by atoms with E-state index in [2.05, 4.69) is 35.5 Å². The molecule has 4 amide bonds. The molecule has 2 N–H and O–H groups in total. The molecule has 7 rings (SSSR count). The SMILES string of the molecule is CS(=O)(=O)c1nc(NCCCn2cccn2)cc(-c2ccc(OCCCN3CCN(CCCCCCOc4cccc5c4C(=O)N(C4CCC(=O)NC4=O)C5=O)CC3)cc2)n1. The van der Waals surface area contributed by atoms with Gasteiger partial charge in [0.05, 0.1) is 30.0 Å². The number of rotatable bonds is 21. The van der Waals surface area contributed by atoms with Crippen LogP contribution in [0, 0.1) is 0 Å². The summed E-state index contributed by atoms with van der Waals surface area (Å²) >= 11 is 0. The highest BCUT2D eigenvalue weighted by molar-refractivity contribution is 7.90. The molecule has 2 fully saturated rings. The van der Waals surface area contributed by atoms with E-state index in [0.29, 0.717) is 37.0 Å². The standard InChI is InChI=1S/C43H53N9O8S/c1-61(57,58)43-46-34(30-37(47-43)44-18-7-22-51-23-8-19-45-51)31-12-14-32(15-13-31)59-29-9-21-50-26-24-49(25-27-50)20-4-2-3-5-28-60-36-11-6-10-33-39(36)42(56)52(41(33)55)35-16-17-38(53)48-40(35)54/h6,8,10-15,19,23,30,35H,2-5,7,9,16-18,20-22,24-29H2,1H3,(H,44,46,47)(H,48,53,54). The Balaban J connectivity index is 0.756. The molecule has 1 atom stereocenters. The van der Waals surface area contributed by atoms with Gasteiger partial charge in [-0.2, -0.15) is 5.10 Å². The number of carbonyl (C=O) groups is 4. The Bertz CT molecular complexity index is 2280. The minimum Gasteiger partial charge on any atom is -0.494 e. The Hall–Kier alpha value is -5.72. The summed E-state index contributed by atoms with van der Waals surface area (Å²) in [6, 6.07) is 15.0. The van der Waals surface area contributed by atoms with Gasteiger partial charge in [0.1, 0.15) is 23.4 Å². The van der Waals surface area contributed by atoms with E-state index in [9.17, 15) is 27.6 Å². The second kappa shape index (κ2) is 20.2. The number of aryl methyl sites for hydroxylation is 1. The number of fused-ring (bicyclic) bond motifs is 1. The number of piperidine rings is 1. The predicted molar refractivity (Wildman–Crippen MR) is 226 cm³/mol. The van der Waals surface area contributed by atoms with Crippen LogP contribution in [0.15, 0.2) is 72.1 Å². The molecule has 2 aromatic heterocycles. The lowest BCUT2D eigenvalue weighted by molar-refractivity contribution is -0.136. The van der Waals surface area contributed by atoms with E-state index in [0.717, 1.165) is 107 Å². The summed E-state index contributed by atoms with van der Waals surface area (Å²) in [4.78, 5) is 64.8. The fraction of sp³-hybridized carbons (Fsp3) is 0.465. The lowest BCUT2D eigenvalue weighted by Gasteiger charge is -2.34. The first-order chi connectivity index (χ1) is 29.5. The van der Waals surface area contributed by atoms with Crippen molar-refractivity contribution in [3.05, 3.63) is 78.1 Å². The maximum absolute atomic E-state index is 13.3. The number of nitrogens with zero attached hydrogens (tertiary/aromatic N) is 7. The fourth-order valence-electron chi connectivity index (χ4n) is 7.73. The first-order valence-corrected chi connectivity index (χ1v) is 22.9. The average Bonchev–Trinajstić information content (AvgIpc) is 3.87. The van der Waals surface area contributed by atoms with E-state index in [1.54, 1.807) is 30.5 Å². The highest BCUT2D eigenvalue weighted by atomic mass is 32.2. The van der Waals surface area contributed by atoms with Crippen LogP contribution in [0.5, 0.6) is 11.5 Å². The van der Waals surface area contributed by atoms with E-state index < -0.39 is 39.5 Å². The third kappa shape index (κ3) is 11.4. The molecule has 5 heterocycles. The molecular weight excluding hydrogens is 803 g/mol. The van der Waals surface area contributed by atoms with Crippen molar-refractivity contribution < 1.29 is 37.1 Å². The van der Waals surface area contributed by atoms with Gasteiger partial charge in [0.2, 0.25) is 26.8 Å². The van der Waals surface area contributed by atoms with Crippen LogP contribution < -0.4 is 20.1 Å². The molecule has 0 saturated carbocycles. The van der Waals surface area contributed by atoms with Crippen molar-refractivity contribution in [1.82, 2.24) is 39.8 Å². The van der Waals surface area contributed by atoms with Crippen molar-refractivity contribution in [3.8, 4) is 22.8 Å². The molecule has 0 radical (unpaired) electrons. The second-order valence-corrected chi connectivity index (χ2v) is 17.5. The largest absolute Gasteiger partial charge is 0.494 e. The van der Waals surface area contributed by atoms with Crippen molar-refractivity contribution >= 4 is 39.3 Å². The summed E-state index contributed by atoms with van der Waals surface area (Å²) in [5, 5.41) is 9.42. The number of hydrogen-bond acceptors (Lipinski definition) is 14. The zero-order valence-corrected chi connectivity index (χ0v) is 35.3. The number of nitrogens with one attached hydrogen (secondary N) is 2. The van der Waals surface area contributed by atoms with Crippen molar-refractivity contribution in [1.29, 1.82) is 0 Å². The number of ether oxygens (including phenoxy) is 2. The summed E-state index contributed by atoms with van der Waals surface area (Å²) < 4.78 is 38.6. The van der Waals surface area contributed by atoms with Gasteiger partial charge in [-0.05, 0) is 81.1 Å². The van der Waals surface area contributed by atoms with Gasteiger partial charge in [0.15, 0.2) is 0 Å². The molecule has 324 valence electrons. The molecule has 1 unspecified atom stereocenters. The summed E-state index contributed by atoms with van der Waals surface area (Å²) in [6.07, 6.45) is 10.5. The third-order valence-corrected chi connectivity index (χ3v) is 11.9. The molecule has 0 aliphatic carbocycles. The number of imide groups is 2. The molecule has 2 aromatic carbocycles. The molecule has 3 aliphatic rings. The maximum atomic E-state index is 13.3. The van der Waals surface area contributed by atoms with Crippen molar-refractivity contribution in [2.45, 2.75) is 69.1 Å². The van der Waals surface area contributed by atoms with Gasteiger partial charge in [-0.25, -0.2) is 18.4 Å². The van der Waals surface area contributed by atoms with E-state index in [4.69, 9.17) is 9.47 Å². The van der Waals surface area contributed by atoms with Gasteiger partial charge in [0, 0.05) is 82.5 Å². The third-order valence-electron chi connectivity index (χ3n) is 11.0. The van der Waals surface area contributed by atoms with Crippen LogP contribution in [0.3, 0.4) is 0 Å². The molecule has 2 saturated heterocycles. The topological polar surface area (TPSA) is 198 Å². The number of carbonyl (C=O) groups excluding carboxylic acids is 4. The number of unbranched alkanes of at least 4 members (excludes halogenated alkanes) is 3. The van der Waals surface area contributed by atoms with Crippen LogP contribution in [-0.4, -0.2) is 138 Å². The minimum atomic E-state index is -3.62. The molecular formula is C43H53N9O8S. The van der Waals surface area contributed by atoms with Gasteiger partial charge >= 0.3 is 0 Å².